The monoisotopic (exact) mass is 298 g/mol. The lowest BCUT2D eigenvalue weighted by Crippen LogP contribution is -2.33. The van der Waals surface area contributed by atoms with E-state index in [2.05, 4.69) is 9.72 Å². The number of carbonyl (C=O) groups is 1. The third kappa shape index (κ3) is 3.82. The molecular formula is C12H14N2O3S2. The Bertz CT molecular complexity index is 525. The van der Waals surface area contributed by atoms with Crippen molar-refractivity contribution in [1.29, 1.82) is 0 Å². The molecule has 0 aliphatic heterocycles. The van der Waals surface area contributed by atoms with Crippen LogP contribution < -0.4 is 5.73 Å². The number of rotatable bonds is 6. The van der Waals surface area contributed by atoms with Gasteiger partial charge < -0.3 is 14.9 Å². The van der Waals surface area contributed by atoms with Crippen molar-refractivity contribution < 1.29 is 13.9 Å². The van der Waals surface area contributed by atoms with Gasteiger partial charge in [-0.05, 0) is 11.4 Å². The number of methoxy groups -OCH3 is 1. The van der Waals surface area contributed by atoms with E-state index in [1.165, 1.54) is 18.9 Å². The Morgan fingerprint density at radius 1 is 1.68 bits per heavy atom. The Hall–Kier alpha value is -1.31. The fraction of sp³-hybridized carbons (Fsp3) is 0.333. The average molecular weight is 298 g/mol. The minimum Gasteiger partial charge on any atom is -0.468 e. The molecule has 0 radical (unpaired) electrons. The molecule has 0 bridgehead atoms. The summed E-state index contributed by atoms with van der Waals surface area (Å²) in [6.45, 7) is 0. The molecule has 0 fully saturated rings. The Kier molecular flexibility index (Phi) is 5.00. The normalized spacial score (nSPS) is 12.3. The number of nitrogens with two attached hydrogens (primary N) is 1. The molecule has 0 saturated carbocycles. The zero-order valence-electron chi connectivity index (χ0n) is 10.4. The lowest BCUT2D eigenvalue weighted by molar-refractivity contribution is -0.141. The van der Waals surface area contributed by atoms with E-state index in [0.717, 1.165) is 10.6 Å². The largest absolute Gasteiger partial charge is 0.468 e. The highest BCUT2D eigenvalue weighted by Crippen LogP contribution is 2.24. The minimum atomic E-state index is -0.598. The Labute approximate surface area is 119 Å². The van der Waals surface area contributed by atoms with Crippen molar-refractivity contribution in [3.63, 3.8) is 0 Å². The maximum absolute atomic E-state index is 11.1. The number of hydrogen-bond acceptors (Lipinski definition) is 7. The van der Waals surface area contributed by atoms with Crippen molar-refractivity contribution >= 4 is 29.1 Å². The second-order valence-electron chi connectivity index (χ2n) is 3.77. The molecule has 0 spiro atoms. The topological polar surface area (TPSA) is 78.4 Å². The van der Waals surface area contributed by atoms with Crippen LogP contribution in [0.5, 0.6) is 0 Å². The molecular weight excluding hydrogens is 284 g/mol. The molecule has 1 atom stereocenters. The van der Waals surface area contributed by atoms with Crippen molar-refractivity contribution in [2.75, 3.05) is 12.9 Å². The van der Waals surface area contributed by atoms with Crippen LogP contribution in [-0.2, 0) is 15.3 Å². The maximum atomic E-state index is 11.1. The molecule has 0 aromatic carbocycles. The number of hydrogen-bond donors (Lipinski definition) is 1. The number of thioether (sulfide) groups is 1. The van der Waals surface area contributed by atoms with Gasteiger partial charge in [0.15, 0.2) is 0 Å². The Balaban J connectivity index is 1.83. The number of thiophene rings is 1. The SMILES string of the molecule is COC(=O)C(N)CSCc1coc(-c2cccs2)n1. The van der Waals surface area contributed by atoms with Crippen LogP contribution in [0.25, 0.3) is 10.8 Å². The second kappa shape index (κ2) is 6.74. The molecule has 2 N–H and O–H groups in total. The maximum Gasteiger partial charge on any atom is 0.323 e. The summed E-state index contributed by atoms with van der Waals surface area (Å²) in [6, 6.07) is 3.31. The smallest absolute Gasteiger partial charge is 0.323 e. The van der Waals surface area contributed by atoms with Gasteiger partial charge >= 0.3 is 5.97 Å². The highest BCUT2D eigenvalue weighted by Gasteiger charge is 2.14. The van der Waals surface area contributed by atoms with Crippen LogP contribution in [0.15, 0.2) is 28.2 Å². The molecule has 7 heteroatoms. The summed E-state index contributed by atoms with van der Waals surface area (Å²) in [4.78, 5) is 16.5. The Morgan fingerprint density at radius 2 is 2.53 bits per heavy atom. The standard InChI is InChI=1S/C12H14N2O3S2/c1-16-12(15)9(13)7-18-6-8-5-17-11(14-8)10-3-2-4-19-10/h2-5,9H,6-7,13H2,1H3. The first kappa shape index (κ1) is 14.1. The van der Waals surface area contributed by atoms with Gasteiger partial charge in [0.2, 0.25) is 5.89 Å². The summed E-state index contributed by atoms with van der Waals surface area (Å²) in [7, 11) is 1.33. The molecule has 2 rings (SSSR count). The first-order valence-electron chi connectivity index (χ1n) is 5.60. The summed E-state index contributed by atoms with van der Waals surface area (Å²) in [6.07, 6.45) is 1.63. The van der Waals surface area contributed by atoms with Gasteiger partial charge in [-0.2, -0.15) is 11.8 Å². The third-order valence-corrected chi connectivity index (χ3v) is 4.29. The van der Waals surface area contributed by atoms with E-state index >= 15 is 0 Å². The van der Waals surface area contributed by atoms with Gasteiger partial charge in [0.1, 0.15) is 12.3 Å². The highest BCUT2D eigenvalue weighted by molar-refractivity contribution is 7.98. The van der Waals surface area contributed by atoms with Gasteiger partial charge in [-0.25, -0.2) is 4.98 Å². The average Bonchev–Trinajstić information content (AvgIpc) is 3.07. The summed E-state index contributed by atoms with van der Waals surface area (Å²) in [5, 5.41) is 1.98. The zero-order chi connectivity index (χ0) is 13.7. The first-order valence-corrected chi connectivity index (χ1v) is 7.63. The Morgan fingerprint density at radius 3 is 3.21 bits per heavy atom. The molecule has 0 aliphatic rings. The number of carbonyl (C=O) groups excluding carboxylic acids is 1. The zero-order valence-corrected chi connectivity index (χ0v) is 12.0. The summed E-state index contributed by atoms with van der Waals surface area (Å²) in [5.74, 6) is 1.38. The quantitative estimate of drug-likeness (QED) is 0.823. The molecule has 2 aromatic rings. The number of aromatic nitrogens is 1. The van der Waals surface area contributed by atoms with E-state index in [9.17, 15) is 4.79 Å². The van der Waals surface area contributed by atoms with E-state index in [4.69, 9.17) is 10.2 Å². The second-order valence-corrected chi connectivity index (χ2v) is 5.74. The van der Waals surface area contributed by atoms with Crippen molar-refractivity contribution in [3.05, 3.63) is 29.5 Å². The third-order valence-electron chi connectivity index (χ3n) is 2.33. The number of oxazole rings is 1. The summed E-state index contributed by atoms with van der Waals surface area (Å²) in [5.41, 5.74) is 6.48. The van der Waals surface area contributed by atoms with Gasteiger partial charge in [-0.3, -0.25) is 4.79 Å². The van der Waals surface area contributed by atoms with Crippen molar-refractivity contribution in [1.82, 2.24) is 4.98 Å². The van der Waals surface area contributed by atoms with Gasteiger partial charge in [-0.15, -0.1) is 11.3 Å². The highest BCUT2D eigenvalue weighted by atomic mass is 32.2. The van der Waals surface area contributed by atoms with Crippen LogP contribution >= 0.6 is 23.1 Å². The number of nitrogens with zero attached hydrogens (tertiary/aromatic N) is 1. The van der Waals surface area contributed by atoms with Gasteiger partial charge in [0.25, 0.3) is 0 Å². The molecule has 0 amide bonds. The molecule has 1 unspecified atom stereocenters. The number of esters is 1. The van der Waals surface area contributed by atoms with Crippen molar-refractivity contribution in [2.24, 2.45) is 5.73 Å². The van der Waals surface area contributed by atoms with Crippen LogP contribution in [0.4, 0.5) is 0 Å². The first-order chi connectivity index (χ1) is 9.20. The van der Waals surface area contributed by atoms with E-state index in [1.54, 1.807) is 17.6 Å². The van der Waals surface area contributed by atoms with E-state index in [0.29, 0.717) is 17.4 Å². The summed E-state index contributed by atoms with van der Waals surface area (Å²) >= 11 is 3.10. The fourth-order valence-electron chi connectivity index (χ4n) is 1.40. The van der Waals surface area contributed by atoms with Crippen molar-refractivity contribution in [2.45, 2.75) is 11.8 Å². The van der Waals surface area contributed by atoms with Crippen LogP contribution in [0.1, 0.15) is 5.69 Å². The molecule has 19 heavy (non-hydrogen) atoms. The predicted octanol–water partition coefficient (Wildman–Crippen LogP) is 2.14. The van der Waals surface area contributed by atoms with E-state index in [1.807, 2.05) is 17.5 Å². The van der Waals surface area contributed by atoms with Gasteiger partial charge in [0, 0.05) is 11.5 Å². The molecule has 2 aromatic heterocycles. The lowest BCUT2D eigenvalue weighted by atomic mass is 10.4. The van der Waals surface area contributed by atoms with Crippen LogP contribution in [-0.4, -0.2) is 29.9 Å². The predicted molar refractivity (Wildman–Crippen MR) is 76.0 cm³/mol. The van der Waals surface area contributed by atoms with Crippen LogP contribution in [0.3, 0.4) is 0 Å². The fourth-order valence-corrected chi connectivity index (χ4v) is 2.90. The van der Waals surface area contributed by atoms with Crippen LogP contribution in [0.2, 0.25) is 0 Å². The minimum absolute atomic E-state index is 0.396. The number of ether oxygens (including phenoxy) is 1. The van der Waals surface area contributed by atoms with Crippen LogP contribution in [0, 0.1) is 0 Å². The molecule has 2 heterocycles. The van der Waals surface area contributed by atoms with E-state index < -0.39 is 12.0 Å². The van der Waals surface area contributed by atoms with Gasteiger partial charge in [-0.1, -0.05) is 6.07 Å². The summed E-state index contributed by atoms with van der Waals surface area (Å²) < 4.78 is 9.96. The molecule has 0 aliphatic carbocycles. The lowest BCUT2D eigenvalue weighted by Gasteiger charge is -2.07. The molecule has 102 valence electrons. The van der Waals surface area contributed by atoms with E-state index in [-0.39, 0.29) is 0 Å². The molecule has 0 saturated heterocycles. The van der Waals surface area contributed by atoms with Crippen molar-refractivity contribution in [3.8, 4) is 10.8 Å². The van der Waals surface area contributed by atoms with Gasteiger partial charge in [0.05, 0.1) is 17.7 Å². The molecule has 5 nitrogen and oxygen atoms in total.